The molecule has 1 saturated carbocycles. The summed E-state index contributed by atoms with van der Waals surface area (Å²) in [6.45, 7) is 5.38. The minimum Gasteiger partial charge on any atom is -0.356 e. The van der Waals surface area contributed by atoms with Gasteiger partial charge in [0.05, 0.1) is 5.01 Å². The summed E-state index contributed by atoms with van der Waals surface area (Å²) >= 11 is 1.78. The monoisotopic (exact) mass is 335 g/mol. The lowest BCUT2D eigenvalue weighted by Crippen LogP contribution is -2.45. The summed E-state index contributed by atoms with van der Waals surface area (Å²) < 4.78 is 0. The molecule has 3 rings (SSSR count). The van der Waals surface area contributed by atoms with E-state index in [0.29, 0.717) is 6.04 Å². The van der Waals surface area contributed by atoms with Gasteiger partial charge in [0.15, 0.2) is 5.96 Å². The lowest BCUT2D eigenvalue weighted by Gasteiger charge is -2.24. The maximum atomic E-state index is 4.41. The number of thiazole rings is 1. The maximum absolute atomic E-state index is 4.41. The maximum Gasteiger partial charge on any atom is 0.191 e. The lowest BCUT2D eigenvalue weighted by atomic mass is 10.2. The molecule has 0 bridgehead atoms. The molecule has 6 heteroatoms. The topological polar surface area (TPSA) is 52.6 Å². The molecule has 1 unspecified atom stereocenters. The van der Waals surface area contributed by atoms with Gasteiger partial charge in [0.25, 0.3) is 0 Å². The molecule has 2 heterocycles. The molecule has 1 aromatic heterocycles. The molecule has 1 aliphatic carbocycles. The highest BCUT2D eigenvalue weighted by atomic mass is 32.1. The smallest absolute Gasteiger partial charge is 0.191 e. The number of nitrogens with zero attached hydrogens (tertiary/aromatic N) is 3. The van der Waals surface area contributed by atoms with Crippen molar-refractivity contribution < 1.29 is 0 Å². The number of guanidine groups is 1. The van der Waals surface area contributed by atoms with Crippen LogP contribution in [0.3, 0.4) is 0 Å². The van der Waals surface area contributed by atoms with Crippen LogP contribution in [0, 0.1) is 6.92 Å². The Labute approximate surface area is 143 Å². The van der Waals surface area contributed by atoms with Gasteiger partial charge >= 0.3 is 0 Å². The molecule has 0 aromatic carbocycles. The van der Waals surface area contributed by atoms with E-state index >= 15 is 0 Å². The highest BCUT2D eigenvalue weighted by molar-refractivity contribution is 7.11. The lowest BCUT2D eigenvalue weighted by molar-refractivity contribution is 0.242. The van der Waals surface area contributed by atoms with Crippen LogP contribution >= 0.6 is 11.3 Å². The molecule has 5 nitrogen and oxygen atoms in total. The molecular formula is C17H29N5S. The number of hydrogen-bond donors (Lipinski definition) is 2. The van der Waals surface area contributed by atoms with E-state index in [1.807, 2.05) is 13.2 Å². The zero-order valence-corrected chi connectivity index (χ0v) is 15.2. The van der Waals surface area contributed by atoms with Crippen LogP contribution < -0.4 is 10.6 Å². The Morgan fingerprint density at radius 1 is 1.39 bits per heavy atom. The molecule has 128 valence electrons. The summed E-state index contributed by atoms with van der Waals surface area (Å²) in [5.41, 5.74) is 0. The van der Waals surface area contributed by atoms with Crippen molar-refractivity contribution in [2.75, 3.05) is 26.7 Å². The second-order valence-electron chi connectivity index (χ2n) is 6.68. The van der Waals surface area contributed by atoms with Gasteiger partial charge in [0.1, 0.15) is 0 Å². The van der Waals surface area contributed by atoms with E-state index in [1.165, 1.54) is 48.5 Å². The van der Waals surface area contributed by atoms with Gasteiger partial charge in [0, 0.05) is 56.3 Å². The van der Waals surface area contributed by atoms with Crippen LogP contribution in [-0.4, -0.2) is 54.6 Å². The minimum atomic E-state index is 0.531. The highest BCUT2D eigenvalue weighted by Gasteiger charge is 2.30. The van der Waals surface area contributed by atoms with Gasteiger partial charge < -0.3 is 10.6 Å². The standard InChI is InChI=1S/C17H29N5S/c1-13-11-20-16(23-13)7-9-19-17(18-2)21-14-8-10-22(12-14)15-5-3-4-6-15/h11,14-15H,3-10,12H2,1-2H3,(H2,18,19,21). The fourth-order valence-corrected chi connectivity index (χ4v) is 4.49. The van der Waals surface area contributed by atoms with E-state index in [-0.39, 0.29) is 0 Å². The van der Waals surface area contributed by atoms with Crippen molar-refractivity contribution in [3.8, 4) is 0 Å². The number of aliphatic imine (C=N–C) groups is 1. The molecule has 1 atom stereocenters. The van der Waals surface area contributed by atoms with Crippen molar-refractivity contribution >= 4 is 17.3 Å². The summed E-state index contributed by atoms with van der Waals surface area (Å²) in [5, 5.41) is 8.21. The summed E-state index contributed by atoms with van der Waals surface area (Å²) in [4.78, 5) is 12.7. The van der Waals surface area contributed by atoms with E-state index in [0.717, 1.165) is 31.5 Å². The zero-order valence-electron chi connectivity index (χ0n) is 14.3. The molecular weight excluding hydrogens is 306 g/mol. The van der Waals surface area contributed by atoms with Gasteiger partial charge in [-0.15, -0.1) is 11.3 Å². The predicted octanol–water partition coefficient (Wildman–Crippen LogP) is 2.18. The second kappa shape index (κ2) is 8.11. The molecule has 2 N–H and O–H groups in total. The van der Waals surface area contributed by atoms with E-state index in [1.54, 1.807) is 11.3 Å². The van der Waals surface area contributed by atoms with Crippen LogP contribution in [0.1, 0.15) is 42.0 Å². The first-order valence-electron chi connectivity index (χ1n) is 8.87. The van der Waals surface area contributed by atoms with Crippen molar-refractivity contribution in [1.29, 1.82) is 0 Å². The van der Waals surface area contributed by atoms with Crippen LogP contribution in [0.4, 0.5) is 0 Å². The first kappa shape index (κ1) is 16.7. The van der Waals surface area contributed by atoms with Crippen LogP contribution in [0.2, 0.25) is 0 Å². The van der Waals surface area contributed by atoms with E-state index < -0.39 is 0 Å². The first-order valence-corrected chi connectivity index (χ1v) is 9.69. The molecule has 1 saturated heterocycles. The van der Waals surface area contributed by atoms with Crippen molar-refractivity contribution in [3.63, 3.8) is 0 Å². The SMILES string of the molecule is CN=C(NCCc1ncc(C)s1)NC1CCN(C2CCCC2)C1. The molecule has 2 fully saturated rings. The number of hydrogen-bond acceptors (Lipinski definition) is 4. The van der Waals surface area contributed by atoms with Crippen molar-refractivity contribution in [3.05, 3.63) is 16.1 Å². The summed E-state index contributed by atoms with van der Waals surface area (Å²) in [7, 11) is 1.85. The number of rotatable bonds is 5. The third-order valence-electron chi connectivity index (χ3n) is 4.93. The van der Waals surface area contributed by atoms with Crippen molar-refractivity contribution in [2.24, 2.45) is 4.99 Å². The second-order valence-corrected chi connectivity index (χ2v) is 8.00. The number of aromatic nitrogens is 1. The van der Waals surface area contributed by atoms with Gasteiger partial charge in [-0.05, 0) is 26.2 Å². The van der Waals surface area contributed by atoms with Crippen LogP contribution in [-0.2, 0) is 6.42 Å². The van der Waals surface area contributed by atoms with Gasteiger partial charge in [-0.2, -0.15) is 0 Å². The summed E-state index contributed by atoms with van der Waals surface area (Å²) in [5.74, 6) is 0.927. The average molecular weight is 336 g/mol. The third-order valence-corrected chi connectivity index (χ3v) is 5.90. The van der Waals surface area contributed by atoms with Crippen LogP contribution in [0.25, 0.3) is 0 Å². The average Bonchev–Trinajstić information content (AvgIpc) is 3.27. The Kier molecular flexibility index (Phi) is 5.89. The number of nitrogens with one attached hydrogen (secondary N) is 2. The Morgan fingerprint density at radius 3 is 2.91 bits per heavy atom. The normalized spacial score (nSPS) is 23.6. The zero-order chi connectivity index (χ0) is 16.1. The summed E-state index contributed by atoms with van der Waals surface area (Å²) in [6, 6.07) is 1.37. The van der Waals surface area contributed by atoms with Gasteiger partial charge in [0.2, 0.25) is 0 Å². The minimum absolute atomic E-state index is 0.531. The number of aryl methyl sites for hydroxylation is 1. The number of likely N-dealkylation sites (tertiary alicyclic amines) is 1. The largest absolute Gasteiger partial charge is 0.356 e. The van der Waals surface area contributed by atoms with Crippen LogP contribution in [0.15, 0.2) is 11.2 Å². The van der Waals surface area contributed by atoms with Crippen molar-refractivity contribution in [1.82, 2.24) is 20.5 Å². The van der Waals surface area contributed by atoms with Gasteiger partial charge in [-0.25, -0.2) is 4.98 Å². The molecule has 0 amide bonds. The molecule has 23 heavy (non-hydrogen) atoms. The Bertz CT molecular complexity index is 521. The summed E-state index contributed by atoms with van der Waals surface area (Å²) in [6.07, 6.45) is 9.75. The Balaban J connectivity index is 1.39. The molecule has 0 radical (unpaired) electrons. The van der Waals surface area contributed by atoms with Crippen molar-refractivity contribution in [2.45, 2.75) is 57.5 Å². The molecule has 1 aromatic rings. The Hall–Kier alpha value is -1.14. The third kappa shape index (κ3) is 4.67. The van der Waals surface area contributed by atoms with E-state index in [4.69, 9.17) is 0 Å². The first-order chi connectivity index (χ1) is 11.2. The fourth-order valence-electron chi connectivity index (χ4n) is 3.70. The quantitative estimate of drug-likeness (QED) is 0.640. The highest BCUT2D eigenvalue weighted by Crippen LogP contribution is 2.26. The van der Waals surface area contributed by atoms with Gasteiger partial charge in [-0.1, -0.05) is 12.8 Å². The predicted molar refractivity (Wildman–Crippen MR) is 97.3 cm³/mol. The van der Waals surface area contributed by atoms with E-state index in [9.17, 15) is 0 Å². The molecule has 0 spiro atoms. The molecule has 1 aliphatic heterocycles. The van der Waals surface area contributed by atoms with Crippen LogP contribution in [0.5, 0.6) is 0 Å². The Morgan fingerprint density at radius 2 is 2.22 bits per heavy atom. The van der Waals surface area contributed by atoms with E-state index in [2.05, 4.69) is 32.4 Å². The molecule has 2 aliphatic rings. The fraction of sp³-hybridized carbons (Fsp3) is 0.765. The van der Waals surface area contributed by atoms with Gasteiger partial charge in [-0.3, -0.25) is 9.89 Å².